The topological polar surface area (TPSA) is 71.7 Å². The van der Waals surface area contributed by atoms with E-state index in [1.165, 1.54) is 18.9 Å². The van der Waals surface area contributed by atoms with Crippen LogP contribution >= 0.6 is 0 Å². The number of nitrogens with one attached hydrogen (secondary N) is 1. The van der Waals surface area contributed by atoms with Crippen molar-refractivity contribution in [3.8, 4) is 11.5 Å². The van der Waals surface area contributed by atoms with Crippen LogP contribution in [-0.2, 0) is 6.54 Å². The molecule has 27 heavy (non-hydrogen) atoms. The van der Waals surface area contributed by atoms with Gasteiger partial charge in [-0.15, -0.1) is 0 Å². The fraction of sp³-hybridized carbons (Fsp3) is 0.318. The Morgan fingerprint density at radius 1 is 1.15 bits per heavy atom. The van der Waals surface area contributed by atoms with Crippen molar-refractivity contribution in [2.45, 2.75) is 45.3 Å². The fourth-order valence-corrected chi connectivity index (χ4v) is 3.61. The predicted molar refractivity (Wildman–Crippen MR) is 106 cm³/mol. The van der Waals surface area contributed by atoms with E-state index in [-0.39, 0.29) is 5.75 Å². The first-order chi connectivity index (χ1) is 13.1. The van der Waals surface area contributed by atoms with E-state index in [0.29, 0.717) is 23.8 Å². The van der Waals surface area contributed by atoms with Gasteiger partial charge in [0, 0.05) is 29.2 Å². The molecule has 1 saturated carbocycles. The Bertz CT molecular complexity index is 1000. The number of rotatable bonds is 5. The summed E-state index contributed by atoms with van der Waals surface area (Å²) in [7, 11) is 0. The molecular formula is C22H23NO4. The SMILES string of the molecule is Cc1c(O)ccc2c(CNc3ccc(OC4CCCC4)cc3)cc(=O)oc12. The normalized spacial score (nSPS) is 14.6. The molecule has 2 aromatic carbocycles. The Hall–Kier alpha value is -2.95. The van der Waals surface area contributed by atoms with Gasteiger partial charge in [0.1, 0.15) is 17.1 Å². The van der Waals surface area contributed by atoms with Gasteiger partial charge in [0.25, 0.3) is 0 Å². The Morgan fingerprint density at radius 3 is 2.63 bits per heavy atom. The molecule has 2 N–H and O–H groups in total. The molecule has 0 saturated heterocycles. The number of hydrogen-bond donors (Lipinski definition) is 2. The first-order valence-electron chi connectivity index (χ1n) is 9.36. The number of ether oxygens (including phenoxy) is 1. The monoisotopic (exact) mass is 365 g/mol. The van der Waals surface area contributed by atoms with E-state index in [1.54, 1.807) is 19.1 Å². The molecule has 3 aromatic rings. The second-order valence-corrected chi connectivity index (χ2v) is 7.08. The van der Waals surface area contributed by atoms with Gasteiger partial charge in [0.2, 0.25) is 0 Å². The summed E-state index contributed by atoms with van der Waals surface area (Å²) >= 11 is 0. The molecule has 1 heterocycles. The summed E-state index contributed by atoms with van der Waals surface area (Å²) < 4.78 is 11.3. The van der Waals surface area contributed by atoms with Crippen molar-refractivity contribution in [3.63, 3.8) is 0 Å². The van der Waals surface area contributed by atoms with Gasteiger partial charge < -0.3 is 19.6 Å². The van der Waals surface area contributed by atoms with Gasteiger partial charge >= 0.3 is 5.63 Å². The third kappa shape index (κ3) is 3.77. The van der Waals surface area contributed by atoms with Crippen LogP contribution in [0.4, 0.5) is 5.69 Å². The minimum Gasteiger partial charge on any atom is -0.508 e. The largest absolute Gasteiger partial charge is 0.508 e. The number of hydrogen-bond acceptors (Lipinski definition) is 5. The summed E-state index contributed by atoms with van der Waals surface area (Å²) in [5.41, 5.74) is 2.36. The molecular weight excluding hydrogens is 342 g/mol. The van der Waals surface area contributed by atoms with Crippen molar-refractivity contribution < 1.29 is 14.3 Å². The lowest BCUT2D eigenvalue weighted by molar-refractivity contribution is 0.210. The van der Waals surface area contributed by atoms with Crippen LogP contribution in [0.2, 0.25) is 0 Å². The molecule has 0 amide bonds. The number of benzene rings is 2. The van der Waals surface area contributed by atoms with Gasteiger partial charge in [-0.05, 0) is 74.6 Å². The highest BCUT2D eigenvalue weighted by Crippen LogP contribution is 2.28. The summed E-state index contributed by atoms with van der Waals surface area (Å²) in [4.78, 5) is 11.9. The first-order valence-corrected chi connectivity index (χ1v) is 9.36. The predicted octanol–water partition coefficient (Wildman–Crippen LogP) is 4.74. The molecule has 0 atom stereocenters. The van der Waals surface area contributed by atoms with Crippen LogP contribution in [0.1, 0.15) is 36.8 Å². The maximum absolute atomic E-state index is 11.9. The second kappa shape index (κ2) is 7.35. The zero-order valence-electron chi connectivity index (χ0n) is 15.3. The lowest BCUT2D eigenvalue weighted by Gasteiger charge is -2.14. The Kier molecular flexibility index (Phi) is 4.75. The Balaban J connectivity index is 1.50. The lowest BCUT2D eigenvalue weighted by Crippen LogP contribution is -2.10. The molecule has 0 unspecified atom stereocenters. The van der Waals surface area contributed by atoms with E-state index in [1.807, 2.05) is 24.3 Å². The third-order valence-electron chi connectivity index (χ3n) is 5.16. The van der Waals surface area contributed by atoms with Crippen LogP contribution in [0, 0.1) is 6.92 Å². The molecule has 1 fully saturated rings. The average molecular weight is 365 g/mol. The molecule has 1 aliphatic carbocycles. The summed E-state index contributed by atoms with van der Waals surface area (Å²) in [6, 6.07) is 12.8. The maximum Gasteiger partial charge on any atom is 0.336 e. The van der Waals surface area contributed by atoms with Crippen LogP contribution < -0.4 is 15.7 Å². The highest BCUT2D eigenvalue weighted by Gasteiger charge is 2.16. The number of fused-ring (bicyclic) bond motifs is 1. The summed E-state index contributed by atoms with van der Waals surface area (Å²) in [6.07, 6.45) is 5.12. The van der Waals surface area contributed by atoms with Crippen LogP contribution in [0.5, 0.6) is 11.5 Å². The standard InChI is InChI=1S/C22H23NO4/c1-14-20(24)11-10-19-15(12-21(25)27-22(14)19)13-23-16-6-8-18(9-7-16)26-17-4-2-3-5-17/h6-12,17,23-24H,2-5,13H2,1H3. The minimum atomic E-state index is -0.423. The highest BCUT2D eigenvalue weighted by molar-refractivity contribution is 5.85. The zero-order chi connectivity index (χ0) is 18.8. The third-order valence-corrected chi connectivity index (χ3v) is 5.16. The Labute approximate surface area is 157 Å². The second-order valence-electron chi connectivity index (χ2n) is 7.08. The van der Waals surface area contributed by atoms with Gasteiger partial charge in [-0.2, -0.15) is 0 Å². The van der Waals surface area contributed by atoms with Gasteiger partial charge in [0.05, 0.1) is 6.10 Å². The lowest BCUT2D eigenvalue weighted by atomic mass is 10.1. The van der Waals surface area contributed by atoms with Crippen LogP contribution in [0.3, 0.4) is 0 Å². The fourth-order valence-electron chi connectivity index (χ4n) is 3.61. The average Bonchev–Trinajstić information content (AvgIpc) is 3.17. The number of aromatic hydroxyl groups is 1. The molecule has 0 spiro atoms. The van der Waals surface area contributed by atoms with E-state index in [0.717, 1.165) is 35.2 Å². The number of phenols is 1. The number of phenolic OH excluding ortho intramolecular Hbond substituents is 1. The summed E-state index contributed by atoms with van der Waals surface area (Å²) in [5, 5.41) is 14.0. The summed E-state index contributed by atoms with van der Waals surface area (Å²) in [6.45, 7) is 2.22. The van der Waals surface area contributed by atoms with Crippen molar-refractivity contribution >= 4 is 16.7 Å². The molecule has 5 heteroatoms. The van der Waals surface area contributed by atoms with Gasteiger partial charge in [-0.3, -0.25) is 0 Å². The van der Waals surface area contributed by atoms with Crippen molar-refractivity contribution in [2.75, 3.05) is 5.32 Å². The molecule has 4 rings (SSSR count). The van der Waals surface area contributed by atoms with Crippen molar-refractivity contribution in [1.82, 2.24) is 0 Å². The number of anilines is 1. The maximum atomic E-state index is 11.9. The van der Waals surface area contributed by atoms with E-state index in [2.05, 4.69) is 5.32 Å². The summed E-state index contributed by atoms with van der Waals surface area (Å²) in [5.74, 6) is 1.01. The molecule has 5 nitrogen and oxygen atoms in total. The highest BCUT2D eigenvalue weighted by atomic mass is 16.5. The molecule has 140 valence electrons. The number of aryl methyl sites for hydroxylation is 1. The van der Waals surface area contributed by atoms with Crippen molar-refractivity contribution in [2.24, 2.45) is 0 Å². The van der Waals surface area contributed by atoms with E-state index >= 15 is 0 Å². The first kappa shape index (κ1) is 17.5. The quantitative estimate of drug-likeness (QED) is 0.639. The minimum absolute atomic E-state index is 0.119. The molecule has 0 radical (unpaired) electrons. The molecule has 0 bridgehead atoms. The van der Waals surface area contributed by atoms with Crippen LogP contribution in [0.15, 0.2) is 51.7 Å². The van der Waals surface area contributed by atoms with Crippen molar-refractivity contribution in [1.29, 1.82) is 0 Å². The van der Waals surface area contributed by atoms with Gasteiger partial charge in [-0.1, -0.05) is 0 Å². The zero-order valence-corrected chi connectivity index (χ0v) is 15.3. The molecule has 1 aromatic heterocycles. The van der Waals surface area contributed by atoms with E-state index < -0.39 is 5.63 Å². The van der Waals surface area contributed by atoms with Gasteiger partial charge in [-0.25, -0.2) is 4.79 Å². The van der Waals surface area contributed by atoms with E-state index in [4.69, 9.17) is 9.15 Å². The Morgan fingerprint density at radius 2 is 1.89 bits per heavy atom. The van der Waals surface area contributed by atoms with Crippen LogP contribution in [-0.4, -0.2) is 11.2 Å². The smallest absolute Gasteiger partial charge is 0.336 e. The van der Waals surface area contributed by atoms with Gasteiger partial charge in [0.15, 0.2) is 0 Å². The molecule has 0 aliphatic heterocycles. The molecule has 1 aliphatic rings. The van der Waals surface area contributed by atoms with E-state index in [9.17, 15) is 9.90 Å². The van der Waals surface area contributed by atoms with Crippen molar-refractivity contribution in [3.05, 3.63) is 64.0 Å². The van der Waals surface area contributed by atoms with Crippen LogP contribution in [0.25, 0.3) is 11.0 Å².